The summed E-state index contributed by atoms with van der Waals surface area (Å²) < 4.78 is 13.7. The van der Waals surface area contributed by atoms with Crippen LogP contribution >= 0.6 is 0 Å². The molecule has 2 atom stereocenters. The molecule has 0 saturated carbocycles. The first-order valence-corrected chi connectivity index (χ1v) is 7.33. The molecule has 1 unspecified atom stereocenters. The maximum absolute atomic E-state index is 13.7. The summed E-state index contributed by atoms with van der Waals surface area (Å²) in [4.78, 5) is 2.38. The molecule has 0 radical (unpaired) electrons. The Morgan fingerprint density at radius 1 is 1.47 bits per heavy atom. The summed E-state index contributed by atoms with van der Waals surface area (Å²) in [6.07, 6.45) is 3.76. The van der Waals surface area contributed by atoms with Crippen molar-refractivity contribution in [3.8, 4) is 0 Å². The first kappa shape index (κ1) is 14.3. The molecule has 1 aliphatic rings. The van der Waals surface area contributed by atoms with Crippen LogP contribution in [-0.2, 0) is 0 Å². The highest BCUT2D eigenvalue weighted by atomic mass is 19.1. The summed E-state index contributed by atoms with van der Waals surface area (Å²) in [5, 5.41) is 0. The van der Waals surface area contributed by atoms with Crippen LogP contribution in [0.2, 0.25) is 0 Å². The molecule has 1 aliphatic heterocycles. The minimum Gasteiger partial charge on any atom is -0.371 e. The van der Waals surface area contributed by atoms with Gasteiger partial charge in [0.05, 0.1) is 0 Å². The minimum atomic E-state index is -0.152. The van der Waals surface area contributed by atoms with Crippen LogP contribution in [0.4, 0.5) is 10.1 Å². The Morgan fingerprint density at radius 2 is 2.21 bits per heavy atom. The van der Waals surface area contributed by atoms with E-state index in [4.69, 9.17) is 5.73 Å². The van der Waals surface area contributed by atoms with E-state index < -0.39 is 0 Å². The van der Waals surface area contributed by atoms with Gasteiger partial charge in [-0.2, -0.15) is 0 Å². The van der Waals surface area contributed by atoms with Crippen molar-refractivity contribution in [2.75, 3.05) is 18.0 Å². The Balaban J connectivity index is 2.26. The number of hydrogen-bond acceptors (Lipinski definition) is 2. The lowest BCUT2D eigenvalue weighted by Crippen LogP contribution is -2.23. The molecule has 1 saturated heterocycles. The summed E-state index contributed by atoms with van der Waals surface area (Å²) in [6, 6.07) is 3.44. The molecular weight excluding hydrogens is 239 g/mol. The first-order valence-electron chi connectivity index (χ1n) is 7.33. The quantitative estimate of drug-likeness (QED) is 0.896. The van der Waals surface area contributed by atoms with Crippen LogP contribution in [0.3, 0.4) is 0 Å². The molecule has 0 spiro atoms. The molecule has 2 N–H and O–H groups in total. The largest absolute Gasteiger partial charge is 0.371 e. The highest BCUT2D eigenvalue weighted by Crippen LogP contribution is 2.33. The molecule has 0 amide bonds. The van der Waals surface area contributed by atoms with Crippen molar-refractivity contribution < 1.29 is 4.39 Å². The average Bonchev–Trinajstić information content (AvgIpc) is 2.81. The molecule has 0 bridgehead atoms. The third-order valence-corrected chi connectivity index (χ3v) is 4.12. The van der Waals surface area contributed by atoms with Crippen LogP contribution in [0.5, 0.6) is 0 Å². The number of anilines is 1. The summed E-state index contributed by atoms with van der Waals surface area (Å²) in [5.74, 6) is 0.622. The van der Waals surface area contributed by atoms with E-state index in [2.05, 4.69) is 11.8 Å². The van der Waals surface area contributed by atoms with Crippen LogP contribution in [0.15, 0.2) is 12.1 Å². The van der Waals surface area contributed by atoms with Crippen LogP contribution in [-0.4, -0.2) is 13.1 Å². The van der Waals surface area contributed by atoms with Crippen LogP contribution in [0, 0.1) is 18.7 Å². The maximum atomic E-state index is 13.7. The molecule has 0 aliphatic carbocycles. The molecule has 2 nitrogen and oxygen atoms in total. The van der Waals surface area contributed by atoms with E-state index in [9.17, 15) is 4.39 Å². The Kier molecular flexibility index (Phi) is 4.46. The number of nitrogens with zero attached hydrogens (tertiary/aromatic N) is 1. The molecule has 19 heavy (non-hydrogen) atoms. The van der Waals surface area contributed by atoms with Gasteiger partial charge >= 0.3 is 0 Å². The van der Waals surface area contributed by atoms with Crippen LogP contribution < -0.4 is 10.6 Å². The van der Waals surface area contributed by atoms with Gasteiger partial charge in [0.25, 0.3) is 0 Å². The smallest absolute Gasteiger partial charge is 0.126 e. The predicted octanol–water partition coefficient (Wildman–Crippen LogP) is 3.78. The number of halogens is 1. The van der Waals surface area contributed by atoms with Gasteiger partial charge in [0.1, 0.15) is 5.82 Å². The standard InChI is InChI=1S/C16H25FN2/c1-4-5-13-6-7-19(10-13)16-8-11(2)15(17)9-14(16)12(3)18/h8-9,12-13H,4-7,10,18H2,1-3H3/t12-,13?/m0/s1. The Bertz CT molecular complexity index is 443. The Hall–Kier alpha value is -1.09. The zero-order valence-electron chi connectivity index (χ0n) is 12.2. The van der Waals surface area contributed by atoms with E-state index in [1.165, 1.54) is 19.3 Å². The van der Waals surface area contributed by atoms with Gasteiger partial charge in [0.2, 0.25) is 0 Å². The van der Waals surface area contributed by atoms with Crippen molar-refractivity contribution in [3.05, 3.63) is 29.1 Å². The fourth-order valence-electron chi connectivity index (χ4n) is 3.02. The van der Waals surface area contributed by atoms with Crippen LogP contribution in [0.25, 0.3) is 0 Å². The SMILES string of the molecule is CCCC1CCN(c2cc(C)c(F)cc2[C@H](C)N)C1. The number of benzene rings is 1. The van der Waals surface area contributed by atoms with Gasteiger partial charge in [0, 0.05) is 24.8 Å². The second-order valence-corrected chi connectivity index (χ2v) is 5.84. The molecule has 3 heteroatoms. The van der Waals surface area contributed by atoms with E-state index in [1.54, 1.807) is 6.07 Å². The summed E-state index contributed by atoms with van der Waals surface area (Å²) in [6.45, 7) is 8.13. The average molecular weight is 264 g/mol. The monoisotopic (exact) mass is 264 g/mol. The lowest BCUT2D eigenvalue weighted by atomic mass is 10.0. The van der Waals surface area contributed by atoms with Crippen molar-refractivity contribution in [1.29, 1.82) is 0 Å². The lowest BCUT2D eigenvalue weighted by Gasteiger charge is -2.24. The molecular formula is C16H25FN2. The number of aryl methyl sites for hydroxylation is 1. The molecule has 1 aromatic carbocycles. The van der Waals surface area contributed by atoms with E-state index in [0.29, 0.717) is 5.56 Å². The number of hydrogen-bond donors (Lipinski definition) is 1. The fourth-order valence-corrected chi connectivity index (χ4v) is 3.02. The van der Waals surface area contributed by atoms with Crippen molar-refractivity contribution in [2.45, 2.75) is 46.1 Å². The van der Waals surface area contributed by atoms with Gasteiger partial charge in [-0.15, -0.1) is 0 Å². The third-order valence-electron chi connectivity index (χ3n) is 4.12. The van der Waals surface area contributed by atoms with Gasteiger partial charge in [-0.05, 0) is 55.9 Å². The maximum Gasteiger partial charge on any atom is 0.126 e. The van der Waals surface area contributed by atoms with E-state index in [1.807, 2.05) is 19.9 Å². The molecule has 1 aromatic rings. The van der Waals surface area contributed by atoms with Gasteiger partial charge in [0.15, 0.2) is 0 Å². The second-order valence-electron chi connectivity index (χ2n) is 5.84. The summed E-state index contributed by atoms with van der Waals surface area (Å²) >= 11 is 0. The summed E-state index contributed by atoms with van der Waals surface area (Å²) in [5.41, 5.74) is 8.77. The first-order chi connectivity index (χ1) is 9.02. The molecule has 1 heterocycles. The molecule has 2 rings (SSSR count). The third kappa shape index (κ3) is 3.08. The van der Waals surface area contributed by atoms with Crippen molar-refractivity contribution in [3.63, 3.8) is 0 Å². The van der Waals surface area contributed by atoms with E-state index in [0.717, 1.165) is 30.3 Å². The van der Waals surface area contributed by atoms with Gasteiger partial charge in [-0.25, -0.2) is 4.39 Å². The summed E-state index contributed by atoms with van der Waals surface area (Å²) in [7, 11) is 0. The number of rotatable bonds is 4. The van der Waals surface area contributed by atoms with Gasteiger partial charge < -0.3 is 10.6 Å². The van der Waals surface area contributed by atoms with E-state index in [-0.39, 0.29) is 11.9 Å². The molecule has 1 fully saturated rings. The number of nitrogens with two attached hydrogens (primary N) is 1. The topological polar surface area (TPSA) is 29.3 Å². The van der Waals surface area contributed by atoms with Crippen molar-refractivity contribution >= 4 is 5.69 Å². The minimum absolute atomic E-state index is 0.129. The van der Waals surface area contributed by atoms with Crippen molar-refractivity contribution in [2.24, 2.45) is 11.7 Å². The normalized spacial score (nSPS) is 20.9. The van der Waals surface area contributed by atoms with E-state index >= 15 is 0 Å². The molecule has 0 aromatic heterocycles. The predicted molar refractivity (Wildman–Crippen MR) is 79.0 cm³/mol. The molecule has 106 valence electrons. The zero-order chi connectivity index (χ0) is 14.0. The van der Waals surface area contributed by atoms with Gasteiger partial charge in [-0.1, -0.05) is 13.3 Å². The Labute approximate surface area is 115 Å². The zero-order valence-corrected chi connectivity index (χ0v) is 12.2. The fraction of sp³-hybridized carbons (Fsp3) is 0.625. The Morgan fingerprint density at radius 3 is 2.84 bits per heavy atom. The second kappa shape index (κ2) is 5.91. The lowest BCUT2D eigenvalue weighted by molar-refractivity contribution is 0.529. The van der Waals surface area contributed by atoms with Crippen molar-refractivity contribution in [1.82, 2.24) is 0 Å². The highest BCUT2D eigenvalue weighted by molar-refractivity contribution is 5.57. The highest BCUT2D eigenvalue weighted by Gasteiger charge is 2.25. The van der Waals surface area contributed by atoms with Gasteiger partial charge in [-0.3, -0.25) is 0 Å². The van der Waals surface area contributed by atoms with Crippen LogP contribution in [0.1, 0.15) is 50.3 Å².